The fourth-order valence-corrected chi connectivity index (χ4v) is 1.29. The summed E-state index contributed by atoms with van der Waals surface area (Å²) in [7, 11) is 0. The predicted molar refractivity (Wildman–Crippen MR) is 70.8 cm³/mol. The molecule has 0 fully saturated rings. The number of nitrogens with zero attached hydrogens (tertiary/aromatic N) is 2. The lowest BCUT2D eigenvalue weighted by Gasteiger charge is -2.12. The van der Waals surface area contributed by atoms with Gasteiger partial charge in [0, 0.05) is 12.6 Å². The lowest BCUT2D eigenvalue weighted by molar-refractivity contribution is -0.105. The number of hydrogen-bond acceptors (Lipinski definition) is 8. The fourth-order valence-electron chi connectivity index (χ4n) is 1.29. The molecule has 2 atom stereocenters. The second-order valence-corrected chi connectivity index (χ2v) is 3.78. The van der Waals surface area contributed by atoms with E-state index < -0.39 is 24.4 Å². The number of aliphatic imine (C=N–C) groups is 1. The second-order valence-electron chi connectivity index (χ2n) is 3.78. The zero-order valence-electron chi connectivity index (χ0n) is 10.4. The minimum Gasteiger partial charge on any atom is -0.394 e. The minimum absolute atomic E-state index is 0.0867. The normalized spacial score (nSPS) is 14.2. The number of carbonyl (C=O) groups excluding carboxylic acids is 1. The Hall–Kier alpha value is -2.30. The molecule has 1 aromatic rings. The zero-order valence-corrected chi connectivity index (χ0v) is 10.4. The molecule has 0 bridgehead atoms. The number of aromatic amines is 1. The Balaban J connectivity index is 2.91. The highest BCUT2D eigenvalue weighted by atomic mass is 16.4. The van der Waals surface area contributed by atoms with Gasteiger partial charge in [-0.1, -0.05) is 0 Å². The van der Waals surface area contributed by atoms with Gasteiger partial charge in [0.15, 0.2) is 11.5 Å². The van der Waals surface area contributed by atoms with Crippen molar-refractivity contribution in [2.75, 3.05) is 17.7 Å². The van der Waals surface area contributed by atoms with Crippen molar-refractivity contribution in [1.82, 2.24) is 9.97 Å². The molecule has 0 saturated heterocycles. The van der Waals surface area contributed by atoms with Crippen LogP contribution in [0.5, 0.6) is 0 Å². The van der Waals surface area contributed by atoms with Gasteiger partial charge >= 0.3 is 0 Å². The van der Waals surface area contributed by atoms with Crippen LogP contribution in [0.1, 0.15) is 6.42 Å². The molecule has 1 amide bonds. The summed E-state index contributed by atoms with van der Waals surface area (Å²) >= 11 is 0. The number of H-pyrrole nitrogens is 1. The number of aliphatic hydroxyl groups is 3. The molecule has 0 saturated carbocycles. The molecule has 0 aliphatic heterocycles. The molecule has 0 aliphatic rings. The molecular weight excluding hydrogens is 270 g/mol. The molecule has 0 aromatic carbocycles. The molecule has 1 heterocycles. The van der Waals surface area contributed by atoms with Gasteiger partial charge < -0.3 is 26.4 Å². The number of anilines is 2. The van der Waals surface area contributed by atoms with Crippen molar-refractivity contribution in [2.24, 2.45) is 4.99 Å². The molecule has 0 aliphatic carbocycles. The maximum atomic E-state index is 11.5. The smallest absolute Gasteiger partial charge is 0.278 e. The molecule has 0 spiro atoms. The van der Waals surface area contributed by atoms with E-state index in [1.165, 1.54) is 6.21 Å². The highest BCUT2D eigenvalue weighted by Gasteiger charge is 2.14. The first kappa shape index (κ1) is 15.8. The average Bonchev–Trinajstić information content (AvgIpc) is 2.41. The molecule has 10 heteroatoms. The topological polar surface area (TPSA) is 174 Å². The van der Waals surface area contributed by atoms with Crippen LogP contribution in [0.3, 0.4) is 0 Å². The maximum absolute atomic E-state index is 11.5. The molecule has 1 unspecified atom stereocenters. The van der Waals surface area contributed by atoms with E-state index in [1.807, 2.05) is 0 Å². The fraction of sp³-hybridized carbons (Fsp3) is 0.400. The summed E-state index contributed by atoms with van der Waals surface area (Å²) < 4.78 is 0. The second kappa shape index (κ2) is 7.33. The van der Waals surface area contributed by atoms with Crippen LogP contribution in [0, 0.1) is 0 Å². The van der Waals surface area contributed by atoms with Gasteiger partial charge in [0.2, 0.25) is 12.4 Å². The molecule has 7 N–H and O–H groups in total. The van der Waals surface area contributed by atoms with E-state index in [-0.39, 0.29) is 30.3 Å². The highest BCUT2D eigenvalue weighted by Crippen LogP contribution is 2.17. The Kier molecular flexibility index (Phi) is 5.77. The van der Waals surface area contributed by atoms with E-state index in [2.05, 4.69) is 20.3 Å². The van der Waals surface area contributed by atoms with Crippen LogP contribution in [0.4, 0.5) is 17.5 Å². The molecule has 0 radical (unpaired) electrons. The average molecular weight is 285 g/mol. The van der Waals surface area contributed by atoms with Crippen molar-refractivity contribution >= 4 is 30.1 Å². The number of rotatable bonds is 7. The monoisotopic (exact) mass is 285 g/mol. The molecule has 1 aromatic heterocycles. The number of nitrogen functional groups attached to an aromatic ring is 1. The standard InChI is InChI=1S/C10H15N5O5/c11-10-14-8(7(13-4-17)9(20)15-10)12-2-1-5(18)6(19)3-16/h2,4-6,16,18-19H,1,3H2,(H,13,17)(H3,11,14,15,20)/t5?,6-/m1/s1. The van der Waals surface area contributed by atoms with Crippen LogP contribution in [-0.4, -0.2) is 56.7 Å². The van der Waals surface area contributed by atoms with Crippen LogP contribution < -0.4 is 16.6 Å². The van der Waals surface area contributed by atoms with E-state index in [0.29, 0.717) is 0 Å². The number of hydrogen-bond donors (Lipinski definition) is 6. The van der Waals surface area contributed by atoms with Crippen LogP contribution in [0.2, 0.25) is 0 Å². The van der Waals surface area contributed by atoms with Crippen molar-refractivity contribution in [3.05, 3.63) is 10.4 Å². The third-order valence-electron chi connectivity index (χ3n) is 2.31. The quantitative estimate of drug-likeness (QED) is 0.242. The summed E-state index contributed by atoms with van der Waals surface area (Å²) in [5, 5.41) is 29.3. The third-order valence-corrected chi connectivity index (χ3v) is 2.31. The summed E-state index contributed by atoms with van der Waals surface area (Å²) in [5.74, 6) is -0.321. The Bertz CT molecular complexity index is 543. The van der Waals surface area contributed by atoms with Crippen LogP contribution in [0.25, 0.3) is 0 Å². The van der Waals surface area contributed by atoms with Gasteiger partial charge in [0.25, 0.3) is 5.56 Å². The molecular formula is C10H15N5O5. The van der Waals surface area contributed by atoms with Crippen molar-refractivity contribution in [3.63, 3.8) is 0 Å². The number of amides is 1. The van der Waals surface area contributed by atoms with Gasteiger partial charge in [-0.3, -0.25) is 14.6 Å². The first-order valence-corrected chi connectivity index (χ1v) is 5.59. The van der Waals surface area contributed by atoms with E-state index in [4.69, 9.17) is 15.9 Å². The first-order chi connectivity index (χ1) is 9.49. The number of nitrogens with one attached hydrogen (secondary N) is 2. The molecule has 110 valence electrons. The van der Waals surface area contributed by atoms with Crippen LogP contribution in [0.15, 0.2) is 9.79 Å². The van der Waals surface area contributed by atoms with Gasteiger partial charge in [0.05, 0.1) is 12.7 Å². The minimum atomic E-state index is -1.30. The number of aromatic nitrogens is 2. The Morgan fingerprint density at radius 2 is 2.15 bits per heavy atom. The maximum Gasteiger partial charge on any atom is 0.278 e. The van der Waals surface area contributed by atoms with Crippen LogP contribution in [-0.2, 0) is 4.79 Å². The van der Waals surface area contributed by atoms with Crippen molar-refractivity contribution < 1.29 is 20.1 Å². The Morgan fingerprint density at radius 3 is 2.75 bits per heavy atom. The summed E-state index contributed by atoms with van der Waals surface area (Å²) in [5.41, 5.74) is 4.48. The van der Waals surface area contributed by atoms with E-state index in [9.17, 15) is 14.7 Å². The largest absolute Gasteiger partial charge is 0.394 e. The molecule has 20 heavy (non-hydrogen) atoms. The van der Waals surface area contributed by atoms with Crippen molar-refractivity contribution in [3.8, 4) is 0 Å². The lowest BCUT2D eigenvalue weighted by Crippen LogP contribution is -2.29. The highest BCUT2D eigenvalue weighted by molar-refractivity contribution is 5.79. The predicted octanol–water partition coefficient (Wildman–Crippen LogP) is -2.27. The van der Waals surface area contributed by atoms with Gasteiger partial charge in [-0.15, -0.1) is 0 Å². The van der Waals surface area contributed by atoms with E-state index in [0.717, 1.165) is 0 Å². The van der Waals surface area contributed by atoms with Crippen molar-refractivity contribution in [1.29, 1.82) is 0 Å². The number of aliphatic hydroxyl groups excluding tert-OH is 3. The molecule has 1 rings (SSSR count). The zero-order chi connectivity index (χ0) is 15.1. The number of carbonyl (C=O) groups is 1. The summed E-state index contributed by atoms with van der Waals surface area (Å²) in [4.78, 5) is 31.6. The van der Waals surface area contributed by atoms with Gasteiger partial charge in [-0.25, -0.2) is 4.99 Å². The molecule has 10 nitrogen and oxygen atoms in total. The Morgan fingerprint density at radius 1 is 1.45 bits per heavy atom. The lowest BCUT2D eigenvalue weighted by atomic mass is 10.1. The van der Waals surface area contributed by atoms with Crippen molar-refractivity contribution in [2.45, 2.75) is 18.6 Å². The van der Waals surface area contributed by atoms with Crippen LogP contribution >= 0.6 is 0 Å². The number of nitrogens with two attached hydrogens (primary N) is 1. The van der Waals surface area contributed by atoms with E-state index >= 15 is 0 Å². The first-order valence-electron chi connectivity index (χ1n) is 5.59. The Labute approximate surface area is 113 Å². The summed E-state index contributed by atoms with van der Waals surface area (Å²) in [6.07, 6.45) is -1.14. The van der Waals surface area contributed by atoms with Gasteiger partial charge in [-0.2, -0.15) is 4.98 Å². The SMILES string of the molecule is Nc1nc(N=CCC(O)[C@H](O)CO)c(NC=O)c(=O)[nH]1. The summed E-state index contributed by atoms with van der Waals surface area (Å²) in [6, 6.07) is 0. The van der Waals surface area contributed by atoms with E-state index in [1.54, 1.807) is 0 Å². The third kappa shape index (κ3) is 4.12. The van der Waals surface area contributed by atoms with Gasteiger partial charge in [-0.05, 0) is 0 Å². The van der Waals surface area contributed by atoms with Gasteiger partial charge in [0.1, 0.15) is 6.10 Å². The summed E-state index contributed by atoms with van der Waals surface area (Å²) in [6.45, 7) is -0.594.